The number of aliphatic carboxylic acids is 1. The Bertz CT molecular complexity index is 449. The molecule has 1 unspecified atom stereocenters. The zero-order valence-corrected chi connectivity index (χ0v) is 22.9. The van der Waals surface area contributed by atoms with Gasteiger partial charge < -0.3 is 9.84 Å². The van der Waals surface area contributed by atoms with Crippen LogP contribution in [0, 0.1) is 5.92 Å². The van der Waals surface area contributed by atoms with Gasteiger partial charge in [0.15, 0.2) is 0 Å². The standard InChI is InChI=1S/C30H58O4/c1-28(25-22-23-27-30(33)34-2)24-20-18-16-14-12-10-8-6-4-3-5-7-9-11-13-15-17-19-21-26-29(31)32/h28H,3-27H2,1-2H3,(H,31,32). The van der Waals surface area contributed by atoms with Crippen molar-refractivity contribution in [1.82, 2.24) is 0 Å². The second kappa shape index (κ2) is 26.5. The molecule has 1 N–H and O–H groups in total. The summed E-state index contributed by atoms with van der Waals surface area (Å²) < 4.78 is 4.69. The molecular formula is C30H58O4. The van der Waals surface area contributed by atoms with Crippen LogP contribution in [0.25, 0.3) is 0 Å². The molecule has 0 aliphatic carbocycles. The van der Waals surface area contributed by atoms with Crippen LogP contribution in [0.1, 0.15) is 167 Å². The summed E-state index contributed by atoms with van der Waals surface area (Å²) in [6.07, 6.45) is 30.9. The smallest absolute Gasteiger partial charge is 0.305 e. The predicted octanol–water partition coefficient (Wildman–Crippen LogP) is 9.63. The molecule has 0 fully saturated rings. The van der Waals surface area contributed by atoms with Crippen molar-refractivity contribution >= 4 is 11.9 Å². The van der Waals surface area contributed by atoms with E-state index in [1.165, 1.54) is 129 Å². The SMILES string of the molecule is COC(=O)CCCCC(C)CCCCCCCCCCCCCCCCCCCCCC(=O)O. The van der Waals surface area contributed by atoms with Gasteiger partial charge in [0.05, 0.1) is 7.11 Å². The maximum atomic E-state index is 11.1. The Morgan fingerprint density at radius 3 is 1.18 bits per heavy atom. The van der Waals surface area contributed by atoms with Gasteiger partial charge in [-0.2, -0.15) is 0 Å². The molecule has 0 aliphatic rings. The molecule has 0 spiro atoms. The molecule has 0 amide bonds. The molecule has 4 nitrogen and oxygen atoms in total. The van der Waals surface area contributed by atoms with E-state index < -0.39 is 5.97 Å². The molecule has 0 saturated carbocycles. The van der Waals surface area contributed by atoms with Gasteiger partial charge in [0.1, 0.15) is 0 Å². The lowest BCUT2D eigenvalue weighted by molar-refractivity contribution is -0.141. The molecule has 0 aliphatic heterocycles. The molecule has 0 rings (SSSR count). The van der Waals surface area contributed by atoms with Gasteiger partial charge >= 0.3 is 11.9 Å². The molecule has 0 aromatic heterocycles. The molecule has 0 radical (unpaired) electrons. The van der Waals surface area contributed by atoms with E-state index in [9.17, 15) is 9.59 Å². The van der Waals surface area contributed by atoms with E-state index in [2.05, 4.69) is 11.7 Å². The number of carbonyl (C=O) groups is 2. The van der Waals surface area contributed by atoms with Gasteiger partial charge in [-0.05, 0) is 18.8 Å². The number of hydrogen-bond donors (Lipinski definition) is 1. The first kappa shape index (κ1) is 32.9. The van der Waals surface area contributed by atoms with Crippen LogP contribution in [0.3, 0.4) is 0 Å². The van der Waals surface area contributed by atoms with Crippen LogP contribution < -0.4 is 0 Å². The second-order valence-electron chi connectivity index (χ2n) is 10.6. The Labute approximate surface area is 212 Å². The first-order valence-electron chi connectivity index (χ1n) is 14.8. The lowest BCUT2D eigenvalue weighted by Crippen LogP contribution is -2.00. The van der Waals surface area contributed by atoms with Gasteiger partial charge in [0.2, 0.25) is 0 Å². The number of carboxylic acids is 1. The van der Waals surface area contributed by atoms with Gasteiger partial charge in [-0.3, -0.25) is 9.59 Å². The third kappa shape index (κ3) is 27.2. The molecule has 0 aromatic carbocycles. The molecular weight excluding hydrogens is 424 g/mol. The zero-order chi connectivity index (χ0) is 25.1. The number of methoxy groups -OCH3 is 1. The van der Waals surface area contributed by atoms with Crippen molar-refractivity contribution in [3.63, 3.8) is 0 Å². The van der Waals surface area contributed by atoms with E-state index in [0.29, 0.717) is 12.8 Å². The highest BCUT2D eigenvalue weighted by Gasteiger charge is 2.04. The van der Waals surface area contributed by atoms with Crippen molar-refractivity contribution < 1.29 is 19.4 Å². The number of carboxylic acid groups (broad SMARTS) is 1. The molecule has 0 heterocycles. The number of carbonyl (C=O) groups excluding carboxylic acids is 1. The highest BCUT2D eigenvalue weighted by atomic mass is 16.5. The average Bonchev–Trinajstić information content (AvgIpc) is 2.82. The predicted molar refractivity (Wildman–Crippen MR) is 144 cm³/mol. The Morgan fingerprint density at radius 2 is 0.824 bits per heavy atom. The molecule has 4 heteroatoms. The van der Waals surface area contributed by atoms with Crippen LogP contribution in [0.2, 0.25) is 0 Å². The maximum Gasteiger partial charge on any atom is 0.305 e. The van der Waals surface area contributed by atoms with E-state index in [1.807, 2.05) is 0 Å². The number of esters is 1. The fourth-order valence-corrected chi connectivity index (χ4v) is 4.78. The summed E-state index contributed by atoms with van der Waals surface area (Å²) in [7, 11) is 1.47. The lowest BCUT2D eigenvalue weighted by atomic mass is 9.96. The quantitative estimate of drug-likeness (QED) is 0.0934. The summed E-state index contributed by atoms with van der Waals surface area (Å²) in [4.78, 5) is 21.6. The first-order chi connectivity index (χ1) is 16.6. The minimum atomic E-state index is -0.658. The summed E-state index contributed by atoms with van der Waals surface area (Å²) in [6.45, 7) is 2.35. The van der Waals surface area contributed by atoms with E-state index >= 15 is 0 Å². The Balaban J connectivity index is 3.13. The van der Waals surface area contributed by atoms with Gasteiger partial charge in [-0.1, -0.05) is 142 Å². The van der Waals surface area contributed by atoms with E-state index in [0.717, 1.165) is 31.6 Å². The Hall–Kier alpha value is -1.06. The number of ether oxygens (including phenoxy) is 1. The third-order valence-electron chi connectivity index (χ3n) is 7.14. The summed E-state index contributed by atoms with van der Waals surface area (Å²) in [6, 6.07) is 0. The van der Waals surface area contributed by atoms with Gasteiger partial charge in [-0.15, -0.1) is 0 Å². The van der Waals surface area contributed by atoms with Gasteiger partial charge in [0.25, 0.3) is 0 Å². The van der Waals surface area contributed by atoms with Crippen LogP contribution >= 0.6 is 0 Å². The van der Waals surface area contributed by atoms with Crippen molar-refractivity contribution in [2.75, 3.05) is 7.11 Å². The van der Waals surface area contributed by atoms with Gasteiger partial charge in [0, 0.05) is 12.8 Å². The van der Waals surface area contributed by atoms with E-state index in [4.69, 9.17) is 5.11 Å². The monoisotopic (exact) mass is 482 g/mol. The molecule has 0 aromatic rings. The fraction of sp³-hybridized carbons (Fsp3) is 0.933. The zero-order valence-electron chi connectivity index (χ0n) is 22.9. The van der Waals surface area contributed by atoms with Crippen molar-refractivity contribution in [2.24, 2.45) is 5.92 Å². The van der Waals surface area contributed by atoms with Crippen molar-refractivity contribution in [1.29, 1.82) is 0 Å². The van der Waals surface area contributed by atoms with Crippen LogP contribution in [-0.2, 0) is 14.3 Å². The summed E-state index contributed by atoms with van der Waals surface area (Å²) in [5.74, 6) is 0.0592. The number of hydrogen-bond acceptors (Lipinski definition) is 3. The van der Waals surface area contributed by atoms with Crippen LogP contribution in [0.15, 0.2) is 0 Å². The summed E-state index contributed by atoms with van der Waals surface area (Å²) in [5, 5.41) is 8.61. The number of rotatable bonds is 27. The minimum absolute atomic E-state index is 0.0743. The summed E-state index contributed by atoms with van der Waals surface area (Å²) >= 11 is 0. The number of unbranched alkanes of at least 4 members (excludes halogenated alkanes) is 19. The van der Waals surface area contributed by atoms with Crippen LogP contribution in [-0.4, -0.2) is 24.2 Å². The van der Waals surface area contributed by atoms with Crippen molar-refractivity contribution in [3.8, 4) is 0 Å². The molecule has 202 valence electrons. The highest BCUT2D eigenvalue weighted by molar-refractivity contribution is 5.69. The Morgan fingerprint density at radius 1 is 0.529 bits per heavy atom. The molecule has 0 saturated heterocycles. The third-order valence-corrected chi connectivity index (χ3v) is 7.14. The van der Waals surface area contributed by atoms with Gasteiger partial charge in [-0.25, -0.2) is 0 Å². The maximum absolute atomic E-state index is 11.1. The molecule has 1 atom stereocenters. The average molecular weight is 483 g/mol. The largest absolute Gasteiger partial charge is 0.481 e. The van der Waals surface area contributed by atoms with E-state index in [1.54, 1.807) is 0 Å². The fourth-order valence-electron chi connectivity index (χ4n) is 4.78. The highest BCUT2D eigenvalue weighted by Crippen LogP contribution is 2.18. The lowest BCUT2D eigenvalue weighted by Gasteiger charge is -2.10. The second-order valence-corrected chi connectivity index (χ2v) is 10.6. The van der Waals surface area contributed by atoms with Crippen LogP contribution in [0.4, 0.5) is 0 Å². The topological polar surface area (TPSA) is 63.6 Å². The minimum Gasteiger partial charge on any atom is -0.481 e. The van der Waals surface area contributed by atoms with Crippen molar-refractivity contribution in [3.05, 3.63) is 0 Å². The van der Waals surface area contributed by atoms with Crippen molar-refractivity contribution in [2.45, 2.75) is 167 Å². The molecule has 0 bridgehead atoms. The normalized spacial score (nSPS) is 12.1. The Kier molecular flexibility index (Phi) is 25.7. The van der Waals surface area contributed by atoms with E-state index in [-0.39, 0.29) is 5.97 Å². The first-order valence-corrected chi connectivity index (χ1v) is 14.8. The van der Waals surface area contributed by atoms with Crippen LogP contribution in [0.5, 0.6) is 0 Å². The molecule has 34 heavy (non-hydrogen) atoms. The summed E-state index contributed by atoms with van der Waals surface area (Å²) in [5.41, 5.74) is 0.